The van der Waals surface area contributed by atoms with Crippen molar-refractivity contribution in [2.45, 2.75) is 25.0 Å². The lowest BCUT2D eigenvalue weighted by atomic mass is 10.1. The molecule has 3 heterocycles. The van der Waals surface area contributed by atoms with E-state index in [1.807, 2.05) is 36.4 Å². The van der Waals surface area contributed by atoms with Crippen molar-refractivity contribution in [2.24, 2.45) is 0 Å². The summed E-state index contributed by atoms with van der Waals surface area (Å²) in [5.74, 6) is 2.06. The summed E-state index contributed by atoms with van der Waals surface area (Å²) in [5.41, 5.74) is 4.28. The van der Waals surface area contributed by atoms with Crippen LogP contribution in [0.2, 0.25) is 0 Å². The third-order valence-corrected chi connectivity index (χ3v) is 6.97. The van der Waals surface area contributed by atoms with Gasteiger partial charge in [0.15, 0.2) is 5.82 Å². The maximum absolute atomic E-state index is 11.6. The Morgan fingerprint density at radius 2 is 2.10 bits per heavy atom. The van der Waals surface area contributed by atoms with Crippen LogP contribution in [0.15, 0.2) is 48.8 Å². The largest absolute Gasteiger partial charge is 0.340 e. The molecule has 1 aromatic carbocycles. The van der Waals surface area contributed by atoms with Gasteiger partial charge in [-0.3, -0.25) is 9.19 Å². The van der Waals surface area contributed by atoms with E-state index in [-0.39, 0.29) is 0 Å². The molecule has 5 nitrogen and oxygen atoms in total. The Morgan fingerprint density at radius 1 is 1.17 bits per heavy atom. The molecule has 1 N–H and O–H groups in total. The molecule has 3 aromatic heterocycles. The van der Waals surface area contributed by atoms with Crippen LogP contribution >= 0.6 is 11.3 Å². The normalized spacial score (nSPS) is 14.1. The molecule has 0 saturated carbocycles. The molecule has 1 aliphatic rings. The predicted molar refractivity (Wildman–Crippen MR) is 120 cm³/mol. The highest BCUT2D eigenvalue weighted by atomic mass is 32.2. The SMILES string of the molecule is CS(=O)Cc1cccc(Nc2nc(-c3cccnc3)nc3sc4c(c23)CCC4)c1. The van der Waals surface area contributed by atoms with Crippen LogP contribution in [0, 0.1) is 0 Å². The van der Waals surface area contributed by atoms with Gasteiger partial charge in [0, 0.05) is 51.3 Å². The second-order valence-electron chi connectivity index (χ2n) is 7.22. The van der Waals surface area contributed by atoms with Gasteiger partial charge in [0.25, 0.3) is 0 Å². The third-order valence-electron chi connectivity index (χ3n) is 5.04. The molecule has 4 aromatic rings. The first-order valence-electron chi connectivity index (χ1n) is 9.56. The Kier molecular flexibility index (Phi) is 4.85. The highest BCUT2D eigenvalue weighted by Gasteiger charge is 2.23. The molecule has 7 heteroatoms. The summed E-state index contributed by atoms with van der Waals surface area (Å²) in [4.78, 5) is 16.4. The Hall–Kier alpha value is -2.64. The molecule has 0 aliphatic heterocycles. The van der Waals surface area contributed by atoms with E-state index in [0.29, 0.717) is 11.6 Å². The van der Waals surface area contributed by atoms with E-state index in [9.17, 15) is 4.21 Å². The van der Waals surface area contributed by atoms with Crippen molar-refractivity contribution in [1.29, 1.82) is 0 Å². The summed E-state index contributed by atoms with van der Waals surface area (Å²) >= 11 is 1.78. The first-order chi connectivity index (χ1) is 14.2. The summed E-state index contributed by atoms with van der Waals surface area (Å²) in [6.07, 6.45) is 8.67. The number of aryl methyl sites for hydroxylation is 2. The van der Waals surface area contributed by atoms with Crippen molar-refractivity contribution in [3.63, 3.8) is 0 Å². The Labute approximate surface area is 175 Å². The zero-order valence-corrected chi connectivity index (χ0v) is 17.6. The maximum Gasteiger partial charge on any atom is 0.164 e. The fourth-order valence-corrected chi connectivity index (χ4v) is 5.73. The molecule has 0 saturated heterocycles. The van der Waals surface area contributed by atoms with Crippen LogP contribution in [0.1, 0.15) is 22.4 Å². The average Bonchev–Trinajstić information content (AvgIpc) is 3.29. The van der Waals surface area contributed by atoms with Crippen LogP contribution in [-0.4, -0.2) is 25.4 Å². The van der Waals surface area contributed by atoms with Crippen molar-refractivity contribution in [3.8, 4) is 11.4 Å². The molecular weight excluding hydrogens is 400 g/mol. The number of nitrogens with one attached hydrogen (secondary N) is 1. The number of aromatic nitrogens is 3. The Morgan fingerprint density at radius 3 is 2.93 bits per heavy atom. The van der Waals surface area contributed by atoms with Gasteiger partial charge < -0.3 is 5.32 Å². The molecule has 0 radical (unpaired) electrons. The van der Waals surface area contributed by atoms with Crippen molar-refractivity contribution in [3.05, 3.63) is 64.8 Å². The lowest BCUT2D eigenvalue weighted by Gasteiger charge is -2.11. The van der Waals surface area contributed by atoms with Gasteiger partial charge >= 0.3 is 0 Å². The van der Waals surface area contributed by atoms with E-state index in [0.717, 1.165) is 45.7 Å². The predicted octanol–water partition coefficient (Wildman–Crippen LogP) is 4.86. The lowest BCUT2D eigenvalue weighted by Crippen LogP contribution is -2.00. The number of nitrogens with zero attached hydrogens (tertiary/aromatic N) is 3. The molecule has 29 heavy (non-hydrogen) atoms. The zero-order valence-electron chi connectivity index (χ0n) is 16.0. The quantitative estimate of drug-likeness (QED) is 0.499. The monoisotopic (exact) mass is 420 g/mol. The minimum atomic E-state index is -0.874. The summed E-state index contributed by atoms with van der Waals surface area (Å²) in [7, 11) is -0.874. The second-order valence-corrected chi connectivity index (χ2v) is 9.74. The molecule has 1 aliphatic carbocycles. The van der Waals surface area contributed by atoms with Gasteiger partial charge in [0.1, 0.15) is 10.6 Å². The number of fused-ring (bicyclic) bond motifs is 3. The molecule has 1 atom stereocenters. The zero-order chi connectivity index (χ0) is 19.8. The van der Waals surface area contributed by atoms with Crippen LogP contribution in [0.25, 0.3) is 21.6 Å². The van der Waals surface area contributed by atoms with E-state index in [1.54, 1.807) is 30.0 Å². The van der Waals surface area contributed by atoms with Crippen molar-refractivity contribution in [2.75, 3.05) is 11.6 Å². The van der Waals surface area contributed by atoms with E-state index >= 15 is 0 Å². The van der Waals surface area contributed by atoms with E-state index in [1.165, 1.54) is 16.9 Å². The van der Waals surface area contributed by atoms with Gasteiger partial charge in [0.2, 0.25) is 0 Å². The minimum absolute atomic E-state index is 0.545. The molecule has 146 valence electrons. The number of benzene rings is 1. The molecule has 5 rings (SSSR count). The number of rotatable bonds is 5. The first kappa shape index (κ1) is 18.4. The van der Waals surface area contributed by atoms with E-state index in [2.05, 4.69) is 10.3 Å². The van der Waals surface area contributed by atoms with Crippen LogP contribution in [0.3, 0.4) is 0 Å². The fraction of sp³-hybridized carbons (Fsp3) is 0.227. The number of pyridine rings is 1. The third kappa shape index (κ3) is 3.68. The number of thiophene rings is 1. The van der Waals surface area contributed by atoms with Gasteiger partial charge in [0.05, 0.1) is 5.39 Å². The molecule has 0 amide bonds. The number of anilines is 2. The molecule has 1 unspecified atom stereocenters. The summed E-state index contributed by atoms with van der Waals surface area (Å²) in [6, 6.07) is 11.9. The Bertz CT molecular complexity index is 1220. The maximum atomic E-state index is 11.6. The standard InChI is InChI=1S/C22H20N4OS2/c1-29(27)13-14-5-2-7-16(11-14)24-21-19-17-8-3-9-18(17)28-22(19)26-20(25-21)15-6-4-10-23-12-15/h2,4-7,10-12H,3,8-9,13H2,1H3,(H,24,25,26). The van der Waals surface area contributed by atoms with Crippen molar-refractivity contribution < 1.29 is 4.21 Å². The number of hydrogen-bond donors (Lipinski definition) is 1. The van der Waals surface area contributed by atoms with Gasteiger partial charge in [-0.1, -0.05) is 12.1 Å². The molecule has 0 spiro atoms. The fourth-order valence-electron chi connectivity index (χ4n) is 3.82. The first-order valence-corrected chi connectivity index (χ1v) is 12.1. The van der Waals surface area contributed by atoms with Gasteiger partial charge in [-0.2, -0.15) is 0 Å². The lowest BCUT2D eigenvalue weighted by molar-refractivity contribution is 0.686. The summed E-state index contributed by atoms with van der Waals surface area (Å²) in [6.45, 7) is 0. The van der Waals surface area contributed by atoms with Crippen molar-refractivity contribution in [1.82, 2.24) is 15.0 Å². The minimum Gasteiger partial charge on any atom is -0.340 e. The second kappa shape index (κ2) is 7.65. The van der Waals surface area contributed by atoms with Crippen LogP contribution in [0.5, 0.6) is 0 Å². The van der Waals surface area contributed by atoms with E-state index in [4.69, 9.17) is 9.97 Å². The highest BCUT2D eigenvalue weighted by Crippen LogP contribution is 2.41. The van der Waals surface area contributed by atoms with Crippen LogP contribution in [0.4, 0.5) is 11.5 Å². The molecule has 0 bridgehead atoms. The average molecular weight is 421 g/mol. The van der Waals surface area contributed by atoms with Crippen molar-refractivity contribution >= 4 is 43.9 Å². The van der Waals surface area contributed by atoms with Crippen LogP contribution in [-0.2, 0) is 29.4 Å². The summed E-state index contributed by atoms with van der Waals surface area (Å²) in [5, 5.41) is 4.66. The van der Waals surface area contributed by atoms with Crippen LogP contribution < -0.4 is 5.32 Å². The van der Waals surface area contributed by atoms with Gasteiger partial charge in [-0.05, 0) is 54.7 Å². The topological polar surface area (TPSA) is 67.8 Å². The number of hydrogen-bond acceptors (Lipinski definition) is 6. The molecular formula is C22H20N4OS2. The smallest absolute Gasteiger partial charge is 0.164 e. The molecule has 0 fully saturated rings. The van der Waals surface area contributed by atoms with E-state index < -0.39 is 10.8 Å². The highest BCUT2D eigenvalue weighted by molar-refractivity contribution is 7.83. The Balaban J connectivity index is 1.62. The van der Waals surface area contributed by atoms with Gasteiger partial charge in [-0.25, -0.2) is 9.97 Å². The van der Waals surface area contributed by atoms with Gasteiger partial charge in [-0.15, -0.1) is 11.3 Å². The summed E-state index contributed by atoms with van der Waals surface area (Å²) < 4.78 is 11.6.